The molecule has 5 heteroatoms. The van der Waals surface area contributed by atoms with Gasteiger partial charge in [0, 0.05) is 13.6 Å². The van der Waals surface area contributed by atoms with Crippen molar-refractivity contribution in [2.75, 3.05) is 38.6 Å². The van der Waals surface area contributed by atoms with Crippen LogP contribution in [0.2, 0.25) is 0 Å². The van der Waals surface area contributed by atoms with Gasteiger partial charge in [-0.2, -0.15) is 0 Å². The van der Waals surface area contributed by atoms with Crippen LogP contribution in [0.15, 0.2) is 12.4 Å². The summed E-state index contributed by atoms with van der Waals surface area (Å²) in [6, 6.07) is 0. The highest BCUT2D eigenvalue weighted by molar-refractivity contribution is 5.35. The van der Waals surface area contributed by atoms with Crippen LogP contribution in [0.1, 0.15) is 18.5 Å². The highest BCUT2D eigenvalue weighted by atomic mass is 16.3. The van der Waals surface area contributed by atoms with Crippen LogP contribution >= 0.6 is 0 Å². The van der Waals surface area contributed by atoms with Crippen molar-refractivity contribution in [3.8, 4) is 0 Å². The van der Waals surface area contributed by atoms with Gasteiger partial charge in [-0.1, -0.05) is 0 Å². The van der Waals surface area contributed by atoms with E-state index in [0.29, 0.717) is 5.69 Å². The van der Waals surface area contributed by atoms with E-state index in [1.165, 1.54) is 25.9 Å². The standard InChI is InChI=1S/C13H22N4O/c1-16-5-3-11(4-6-16)9-17(2)13-8-14-7-12(10-18)15-13/h7-8,11,18H,3-6,9-10H2,1-2H3. The molecule has 2 heterocycles. The first-order valence-electron chi connectivity index (χ1n) is 6.50. The van der Waals surface area contributed by atoms with E-state index in [-0.39, 0.29) is 6.61 Å². The summed E-state index contributed by atoms with van der Waals surface area (Å²) in [5, 5.41) is 9.07. The molecule has 1 aliphatic rings. The minimum absolute atomic E-state index is 0.0527. The van der Waals surface area contributed by atoms with Crippen LogP contribution in [0.25, 0.3) is 0 Å². The molecule has 0 bridgehead atoms. The maximum absolute atomic E-state index is 9.07. The van der Waals surface area contributed by atoms with Crippen molar-refractivity contribution in [3.05, 3.63) is 18.1 Å². The number of rotatable bonds is 4. The second kappa shape index (κ2) is 6.11. The summed E-state index contributed by atoms with van der Waals surface area (Å²) in [6.45, 7) is 3.32. The molecule has 18 heavy (non-hydrogen) atoms. The van der Waals surface area contributed by atoms with Gasteiger partial charge in [-0.15, -0.1) is 0 Å². The Morgan fingerprint density at radius 1 is 1.39 bits per heavy atom. The molecule has 1 fully saturated rings. The smallest absolute Gasteiger partial charge is 0.147 e. The highest BCUT2D eigenvalue weighted by Crippen LogP contribution is 2.19. The first kappa shape index (κ1) is 13.2. The van der Waals surface area contributed by atoms with Crippen LogP contribution in [0.4, 0.5) is 5.82 Å². The average molecular weight is 250 g/mol. The Bertz CT molecular complexity index is 377. The second-order valence-electron chi connectivity index (χ2n) is 5.15. The van der Waals surface area contributed by atoms with Crippen LogP contribution in [0.5, 0.6) is 0 Å². The Hall–Kier alpha value is -1.20. The molecule has 1 saturated heterocycles. The first-order chi connectivity index (χ1) is 8.69. The van der Waals surface area contributed by atoms with Gasteiger partial charge in [0.25, 0.3) is 0 Å². The number of likely N-dealkylation sites (tertiary alicyclic amines) is 1. The third-order valence-corrected chi connectivity index (χ3v) is 3.60. The van der Waals surface area contributed by atoms with Gasteiger partial charge < -0.3 is 14.9 Å². The lowest BCUT2D eigenvalue weighted by atomic mass is 9.97. The Morgan fingerprint density at radius 2 is 2.11 bits per heavy atom. The third-order valence-electron chi connectivity index (χ3n) is 3.60. The van der Waals surface area contributed by atoms with Gasteiger partial charge in [-0.05, 0) is 38.9 Å². The average Bonchev–Trinajstić information content (AvgIpc) is 2.41. The SMILES string of the molecule is CN1CCC(CN(C)c2cncc(CO)n2)CC1. The molecule has 0 amide bonds. The molecular formula is C13H22N4O. The Labute approximate surface area is 108 Å². The van der Waals surface area contributed by atoms with Gasteiger partial charge in [-0.25, -0.2) is 4.98 Å². The number of anilines is 1. The maximum atomic E-state index is 9.07. The fourth-order valence-electron chi connectivity index (χ4n) is 2.38. The molecule has 2 rings (SSSR count). The minimum Gasteiger partial charge on any atom is -0.390 e. The Balaban J connectivity index is 1.92. The normalized spacial score (nSPS) is 17.9. The van der Waals surface area contributed by atoms with Crippen molar-refractivity contribution in [1.82, 2.24) is 14.9 Å². The Morgan fingerprint density at radius 3 is 2.78 bits per heavy atom. The molecule has 0 radical (unpaired) electrons. The number of aliphatic hydroxyl groups is 1. The van der Waals surface area contributed by atoms with Gasteiger partial charge in [0.05, 0.1) is 24.7 Å². The number of aliphatic hydroxyl groups excluding tert-OH is 1. The van der Waals surface area contributed by atoms with Crippen molar-refractivity contribution >= 4 is 5.82 Å². The van der Waals surface area contributed by atoms with Gasteiger partial charge in [0.15, 0.2) is 0 Å². The number of nitrogens with zero attached hydrogens (tertiary/aromatic N) is 4. The lowest BCUT2D eigenvalue weighted by Gasteiger charge is -2.32. The summed E-state index contributed by atoms with van der Waals surface area (Å²) in [7, 11) is 4.22. The maximum Gasteiger partial charge on any atom is 0.147 e. The second-order valence-corrected chi connectivity index (χ2v) is 5.15. The van der Waals surface area contributed by atoms with E-state index in [2.05, 4.69) is 26.8 Å². The molecule has 1 aromatic rings. The zero-order valence-electron chi connectivity index (χ0n) is 11.2. The van der Waals surface area contributed by atoms with Crippen molar-refractivity contribution in [2.45, 2.75) is 19.4 Å². The zero-order valence-corrected chi connectivity index (χ0v) is 11.2. The molecule has 0 unspecified atom stereocenters. The van der Waals surface area contributed by atoms with E-state index in [1.54, 1.807) is 12.4 Å². The fourth-order valence-corrected chi connectivity index (χ4v) is 2.38. The molecule has 0 spiro atoms. The fraction of sp³-hybridized carbons (Fsp3) is 0.692. The monoisotopic (exact) mass is 250 g/mol. The molecule has 0 saturated carbocycles. The first-order valence-corrected chi connectivity index (χ1v) is 6.50. The quantitative estimate of drug-likeness (QED) is 0.854. The Kier molecular flexibility index (Phi) is 4.49. The van der Waals surface area contributed by atoms with Crippen LogP contribution < -0.4 is 4.90 Å². The summed E-state index contributed by atoms with van der Waals surface area (Å²) in [5.41, 5.74) is 0.628. The van der Waals surface area contributed by atoms with Crippen molar-refractivity contribution < 1.29 is 5.11 Å². The predicted molar refractivity (Wildman–Crippen MR) is 71.4 cm³/mol. The van der Waals surface area contributed by atoms with E-state index in [0.717, 1.165) is 18.3 Å². The molecule has 5 nitrogen and oxygen atoms in total. The lowest BCUT2D eigenvalue weighted by Crippen LogP contribution is -2.36. The summed E-state index contributed by atoms with van der Waals surface area (Å²) < 4.78 is 0. The van der Waals surface area contributed by atoms with Crippen LogP contribution in [0, 0.1) is 5.92 Å². The molecule has 0 atom stereocenters. The van der Waals surface area contributed by atoms with Crippen LogP contribution in [-0.2, 0) is 6.61 Å². The zero-order chi connectivity index (χ0) is 13.0. The summed E-state index contributed by atoms with van der Waals surface area (Å²) >= 11 is 0. The molecule has 1 aromatic heterocycles. The highest BCUT2D eigenvalue weighted by Gasteiger charge is 2.18. The van der Waals surface area contributed by atoms with Crippen LogP contribution in [0.3, 0.4) is 0 Å². The van der Waals surface area contributed by atoms with Gasteiger partial charge in [-0.3, -0.25) is 4.98 Å². The molecule has 0 aliphatic carbocycles. The topological polar surface area (TPSA) is 52.5 Å². The van der Waals surface area contributed by atoms with Crippen molar-refractivity contribution in [3.63, 3.8) is 0 Å². The number of hydrogen-bond acceptors (Lipinski definition) is 5. The predicted octanol–water partition coefficient (Wildman–Crippen LogP) is 0.747. The largest absolute Gasteiger partial charge is 0.390 e. The number of piperidine rings is 1. The minimum atomic E-state index is -0.0527. The number of hydrogen-bond donors (Lipinski definition) is 1. The van der Waals surface area contributed by atoms with Crippen molar-refractivity contribution in [1.29, 1.82) is 0 Å². The number of aromatic nitrogens is 2. The van der Waals surface area contributed by atoms with Crippen LogP contribution in [-0.4, -0.2) is 53.7 Å². The van der Waals surface area contributed by atoms with Gasteiger partial charge in [0.2, 0.25) is 0 Å². The molecular weight excluding hydrogens is 228 g/mol. The van der Waals surface area contributed by atoms with E-state index >= 15 is 0 Å². The summed E-state index contributed by atoms with van der Waals surface area (Å²) in [4.78, 5) is 13.0. The van der Waals surface area contributed by atoms with Gasteiger partial charge in [0.1, 0.15) is 5.82 Å². The molecule has 100 valence electrons. The lowest BCUT2D eigenvalue weighted by molar-refractivity contribution is 0.222. The van der Waals surface area contributed by atoms with E-state index in [9.17, 15) is 0 Å². The molecule has 0 aromatic carbocycles. The summed E-state index contributed by atoms with van der Waals surface area (Å²) in [5.74, 6) is 1.58. The van der Waals surface area contributed by atoms with E-state index < -0.39 is 0 Å². The van der Waals surface area contributed by atoms with E-state index in [4.69, 9.17) is 5.11 Å². The molecule has 1 N–H and O–H groups in total. The van der Waals surface area contributed by atoms with Crippen molar-refractivity contribution in [2.24, 2.45) is 5.92 Å². The van der Waals surface area contributed by atoms with Gasteiger partial charge >= 0.3 is 0 Å². The van der Waals surface area contributed by atoms with E-state index in [1.807, 2.05) is 7.05 Å². The summed E-state index contributed by atoms with van der Waals surface area (Å²) in [6.07, 6.45) is 5.85. The third kappa shape index (κ3) is 3.40. The molecule has 1 aliphatic heterocycles.